The molecule has 0 spiro atoms. The van der Waals surface area contributed by atoms with E-state index in [-0.39, 0.29) is 18.2 Å². The summed E-state index contributed by atoms with van der Waals surface area (Å²) < 4.78 is 13.2. The lowest BCUT2D eigenvalue weighted by atomic mass is 9.91. The van der Waals surface area contributed by atoms with Crippen LogP contribution in [-0.4, -0.2) is 6.54 Å². The molecule has 0 bridgehead atoms. The average molecular weight is 322 g/mol. The molecule has 2 aromatic rings. The fourth-order valence-corrected chi connectivity index (χ4v) is 3.45. The second kappa shape index (κ2) is 7.12. The van der Waals surface area contributed by atoms with Crippen molar-refractivity contribution in [1.29, 1.82) is 0 Å². The summed E-state index contributed by atoms with van der Waals surface area (Å²) in [5, 5.41) is 0. The normalized spacial score (nSPS) is 13.1. The number of hydrogen-bond acceptors (Lipinski definition) is 2. The van der Waals surface area contributed by atoms with Crippen molar-refractivity contribution >= 4 is 29.7 Å². The minimum atomic E-state index is -0.193. The monoisotopic (exact) mass is 321 g/mol. The summed E-state index contributed by atoms with van der Waals surface area (Å²) in [5.74, 6) is -0.193. The lowest BCUT2D eigenvalue weighted by Crippen LogP contribution is -2.08. The highest BCUT2D eigenvalue weighted by atomic mass is 35.5. The molecule has 2 aromatic carbocycles. The van der Waals surface area contributed by atoms with Crippen molar-refractivity contribution in [1.82, 2.24) is 0 Å². The highest BCUT2D eigenvalue weighted by Crippen LogP contribution is 2.33. The van der Waals surface area contributed by atoms with Crippen LogP contribution in [0.25, 0.3) is 5.57 Å². The molecule has 1 aliphatic carbocycles. The van der Waals surface area contributed by atoms with E-state index in [1.54, 1.807) is 23.9 Å². The summed E-state index contributed by atoms with van der Waals surface area (Å²) >= 11 is 1.59. The third-order valence-corrected chi connectivity index (χ3v) is 4.46. The van der Waals surface area contributed by atoms with Gasteiger partial charge in [-0.2, -0.15) is 0 Å². The number of hydrogen-bond donors (Lipinski definition) is 1. The highest BCUT2D eigenvalue weighted by molar-refractivity contribution is 7.99. The van der Waals surface area contributed by atoms with Crippen molar-refractivity contribution in [2.24, 2.45) is 5.73 Å². The third kappa shape index (κ3) is 3.67. The zero-order valence-electron chi connectivity index (χ0n) is 11.5. The van der Waals surface area contributed by atoms with Crippen LogP contribution in [0, 0.1) is 5.82 Å². The van der Waals surface area contributed by atoms with Gasteiger partial charge in [-0.1, -0.05) is 30.0 Å². The summed E-state index contributed by atoms with van der Waals surface area (Å²) in [7, 11) is 0. The van der Waals surface area contributed by atoms with Gasteiger partial charge in [0.2, 0.25) is 0 Å². The summed E-state index contributed by atoms with van der Waals surface area (Å²) in [4.78, 5) is 2.07. The van der Waals surface area contributed by atoms with Gasteiger partial charge in [0.25, 0.3) is 0 Å². The lowest BCUT2D eigenvalue weighted by Gasteiger charge is -2.17. The number of rotatable bonds is 3. The number of nitrogens with two attached hydrogens (primary N) is 1. The van der Waals surface area contributed by atoms with Crippen LogP contribution >= 0.6 is 24.2 Å². The molecule has 0 atom stereocenters. The lowest BCUT2D eigenvalue weighted by molar-refractivity contribution is 0.624. The summed E-state index contributed by atoms with van der Waals surface area (Å²) in [5.41, 5.74) is 9.62. The molecule has 2 N–H and O–H groups in total. The van der Waals surface area contributed by atoms with Gasteiger partial charge in [-0.15, -0.1) is 12.4 Å². The van der Waals surface area contributed by atoms with Gasteiger partial charge in [0.05, 0.1) is 0 Å². The number of halogens is 2. The first kappa shape index (κ1) is 16.1. The Morgan fingerprint density at radius 2 is 1.90 bits per heavy atom. The molecule has 1 nitrogen and oxygen atoms in total. The number of fused-ring (bicyclic) bond motifs is 1. The number of allylic oxidation sites excluding steroid dienone is 1. The van der Waals surface area contributed by atoms with Crippen LogP contribution in [0.4, 0.5) is 4.39 Å². The summed E-state index contributed by atoms with van der Waals surface area (Å²) in [6, 6.07) is 13.1. The van der Waals surface area contributed by atoms with E-state index in [4.69, 9.17) is 5.73 Å². The molecule has 21 heavy (non-hydrogen) atoms. The molecule has 0 aromatic heterocycles. The average Bonchev–Trinajstić information content (AvgIpc) is 2.46. The Balaban J connectivity index is 0.00000161. The van der Waals surface area contributed by atoms with Gasteiger partial charge in [0, 0.05) is 16.3 Å². The molecule has 0 unspecified atom stereocenters. The third-order valence-electron chi connectivity index (χ3n) is 3.48. The van der Waals surface area contributed by atoms with E-state index in [2.05, 4.69) is 24.3 Å². The topological polar surface area (TPSA) is 26.0 Å². The molecule has 0 aliphatic heterocycles. The zero-order chi connectivity index (χ0) is 13.9. The molecule has 0 saturated carbocycles. The van der Waals surface area contributed by atoms with Crippen LogP contribution in [0.2, 0.25) is 0 Å². The van der Waals surface area contributed by atoms with Crippen molar-refractivity contribution in [3.63, 3.8) is 0 Å². The Bertz CT molecular complexity index is 670. The van der Waals surface area contributed by atoms with E-state index in [9.17, 15) is 4.39 Å². The fraction of sp³-hybridized carbons (Fsp3) is 0.176. The quantitative estimate of drug-likeness (QED) is 0.887. The standard InChI is InChI=1S/C17H16FNS.ClH/c18-14-5-2-6-15(10-14)20-16-7-8-17-12(9-16)3-1-4-13(17)11-19;/h2,4-10H,1,3,11,19H2;1H. The van der Waals surface area contributed by atoms with E-state index >= 15 is 0 Å². The Kier molecular flexibility index (Phi) is 5.45. The van der Waals surface area contributed by atoms with Crippen molar-refractivity contribution < 1.29 is 4.39 Å². The maximum atomic E-state index is 13.2. The van der Waals surface area contributed by atoms with Crippen molar-refractivity contribution in [3.05, 3.63) is 65.5 Å². The fourth-order valence-electron chi connectivity index (χ4n) is 2.53. The largest absolute Gasteiger partial charge is 0.326 e. The number of benzene rings is 2. The van der Waals surface area contributed by atoms with Crippen LogP contribution in [0.5, 0.6) is 0 Å². The smallest absolute Gasteiger partial charge is 0.124 e. The van der Waals surface area contributed by atoms with Crippen LogP contribution in [0.3, 0.4) is 0 Å². The van der Waals surface area contributed by atoms with Gasteiger partial charge < -0.3 is 5.73 Å². The van der Waals surface area contributed by atoms with Crippen LogP contribution < -0.4 is 5.73 Å². The second-order valence-corrected chi connectivity index (χ2v) is 6.00. The Morgan fingerprint density at radius 3 is 2.67 bits per heavy atom. The Hall–Kier alpha value is -1.29. The summed E-state index contributed by atoms with van der Waals surface area (Å²) in [6.45, 7) is 0.587. The maximum absolute atomic E-state index is 13.2. The van der Waals surface area contributed by atoms with Crippen molar-refractivity contribution in [2.75, 3.05) is 6.54 Å². The minimum Gasteiger partial charge on any atom is -0.326 e. The van der Waals surface area contributed by atoms with Gasteiger partial charge in [-0.05, 0) is 59.9 Å². The van der Waals surface area contributed by atoms with E-state index in [1.807, 2.05) is 6.07 Å². The SMILES string of the molecule is Cl.NCC1=CCCc2cc(Sc3cccc(F)c3)ccc21. The van der Waals surface area contributed by atoms with Gasteiger partial charge in [0.1, 0.15) is 5.82 Å². The maximum Gasteiger partial charge on any atom is 0.124 e. The van der Waals surface area contributed by atoms with E-state index < -0.39 is 0 Å². The van der Waals surface area contributed by atoms with E-state index in [0.29, 0.717) is 6.54 Å². The van der Waals surface area contributed by atoms with Crippen LogP contribution in [0.1, 0.15) is 17.5 Å². The molecule has 0 radical (unpaired) electrons. The summed E-state index contributed by atoms with van der Waals surface area (Å²) in [6.07, 6.45) is 4.33. The van der Waals surface area contributed by atoms with Crippen molar-refractivity contribution in [2.45, 2.75) is 22.6 Å². The first-order valence-electron chi connectivity index (χ1n) is 6.72. The molecule has 0 fully saturated rings. The van der Waals surface area contributed by atoms with Gasteiger partial charge >= 0.3 is 0 Å². The zero-order valence-corrected chi connectivity index (χ0v) is 13.1. The minimum absolute atomic E-state index is 0. The number of aryl methyl sites for hydroxylation is 1. The molecule has 110 valence electrons. The molecule has 3 rings (SSSR count). The van der Waals surface area contributed by atoms with Crippen LogP contribution in [0.15, 0.2) is 58.3 Å². The van der Waals surface area contributed by atoms with Gasteiger partial charge in [-0.3, -0.25) is 0 Å². The highest BCUT2D eigenvalue weighted by Gasteiger charge is 2.12. The Morgan fingerprint density at radius 1 is 1.10 bits per heavy atom. The van der Waals surface area contributed by atoms with E-state index in [0.717, 1.165) is 22.6 Å². The predicted molar refractivity (Wildman–Crippen MR) is 89.6 cm³/mol. The molecule has 4 heteroatoms. The second-order valence-electron chi connectivity index (χ2n) is 4.85. The first-order chi connectivity index (χ1) is 9.76. The van der Waals surface area contributed by atoms with Gasteiger partial charge in [-0.25, -0.2) is 4.39 Å². The van der Waals surface area contributed by atoms with Crippen molar-refractivity contribution in [3.8, 4) is 0 Å². The molecular formula is C17H17ClFNS. The molecule has 0 heterocycles. The molecule has 0 saturated heterocycles. The predicted octanol–water partition coefficient (Wildman–Crippen LogP) is 4.69. The van der Waals surface area contributed by atoms with Gasteiger partial charge in [0.15, 0.2) is 0 Å². The van der Waals surface area contributed by atoms with E-state index in [1.165, 1.54) is 22.8 Å². The first-order valence-corrected chi connectivity index (χ1v) is 7.54. The molecular weight excluding hydrogens is 305 g/mol. The molecule has 1 aliphatic rings. The van der Waals surface area contributed by atoms with Crippen LogP contribution in [-0.2, 0) is 6.42 Å². The molecule has 0 amide bonds. The Labute approximate surface area is 134 Å².